The lowest BCUT2D eigenvalue weighted by Crippen LogP contribution is -2.32. The number of hydrogen-bond donors (Lipinski definition) is 1. The Bertz CT molecular complexity index is 933. The zero-order chi connectivity index (χ0) is 18.8. The van der Waals surface area contributed by atoms with Crippen molar-refractivity contribution in [2.75, 3.05) is 11.9 Å². The van der Waals surface area contributed by atoms with Crippen LogP contribution in [0.25, 0.3) is 5.57 Å². The summed E-state index contributed by atoms with van der Waals surface area (Å²) >= 11 is 12.1. The highest BCUT2D eigenvalue weighted by Crippen LogP contribution is 2.32. The van der Waals surface area contributed by atoms with Gasteiger partial charge in [-0.15, -0.1) is 6.58 Å². The molecule has 132 valence electrons. The van der Waals surface area contributed by atoms with Gasteiger partial charge in [0.25, 0.3) is 11.8 Å². The van der Waals surface area contributed by atoms with Crippen LogP contribution in [0.3, 0.4) is 0 Å². The number of anilines is 1. The smallest absolute Gasteiger partial charge is 0.278 e. The number of benzene rings is 2. The van der Waals surface area contributed by atoms with E-state index >= 15 is 0 Å². The van der Waals surface area contributed by atoms with Crippen molar-refractivity contribution in [3.63, 3.8) is 0 Å². The lowest BCUT2D eigenvalue weighted by molar-refractivity contribution is -0.136. The molecule has 2 amide bonds. The van der Waals surface area contributed by atoms with E-state index in [1.165, 1.54) is 6.08 Å². The number of nitrogens with zero attached hydrogens (tertiary/aromatic N) is 1. The summed E-state index contributed by atoms with van der Waals surface area (Å²) in [6.07, 6.45) is 1.52. The monoisotopic (exact) mass is 386 g/mol. The minimum absolute atomic E-state index is 0.133. The SMILES string of the molecule is C=CCN1C(=O)C(Nc2cccc(Cl)c2C)=C(c2ccc(Cl)cc2)C1=O. The fraction of sp³-hybridized carbons (Fsp3) is 0.100. The predicted molar refractivity (Wildman–Crippen MR) is 105 cm³/mol. The molecule has 0 radical (unpaired) electrons. The van der Waals surface area contributed by atoms with E-state index in [4.69, 9.17) is 23.2 Å². The summed E-state index contributed by atoms with van der Waals surface area (Å²) < 4.78 is 0. The molecule has 1 N–H and O–H groups in total. The molecule has 0 aromatic heterocycles. The topological polar surface area (TPSA) is 49.4 Å². The molecule has 0 spiro atoms. The largest absolute Gasteiger partial charge is 0.350 e. The Hall–Kier alpha value is -2.56. The lowest BCUT2D eigenvalue weighted by atomic mass is 10.0. The fourth-order valence-electron chi connectivity index (χ4n) is 2.75. The molecule has 2 aromatic carbocycles. The number of amides is 2. The van der Waals surface area contributed by atoms with Crippen LogP contribution in [0.5, 0.6) is 0 Å². The third kappa shape index (κ3) is 3.26. The summed E-state index contributed by atoms with van der Waals surface area (Å²) in [5.41, 5.74) is 2.58. The highest BCUT2D eigenvalue weighted by atomic mass is 35.5. The number of imide groups is 1. The zero-order valence-corrected chi connectivity index (χ0v) is 15.6. The van der Waals surface area contributed by atoms with Gasteiger partial charge in [-0.1, -0.05) is 47.5 Å². The second-order valence-corrected chi connectivity index (χ2v) is 6.65. The van der Waals surface area contributed by atoms with Crippen LogP contribution < -0.4 is 5.32 Å². The summed E-state index contributed by atoms with van der Waals surface area (Å²) in [6.45, 7) is 5.59. The first-order valence-corrected chi connectivity index (χ1v) is 8.69. The third-order valence-electron chi connectivity index (χ3n) is 4.14. The number of hydrogen-bond acceptors (Lipinski definition) is 3. The maximum Gasteiger partial charge on any atom is 0.278 e. The van der Waals surface area contributed by atoms with Crippen LogP contribution >= 0.6 is 23.2 Å². The normalized spacial score (nSPS) is 14.2. The molecule has 0 fully saturated rings. The van der Waals surface area contributed by atoms with Crippen LogP contribution in [-0.4, -0.2) is 23.3 Å². The summed E-state index contributed by atoms with van der Waals surface area (Å²) in [4.78, 5) is 26.8. The summed E-state index contributed by atoms with van der Waals surface area (Å²) in [6, 6.07) is 12.1. The Morgan fingerprint density at radius 1 is 1.08 bits per heavy atom. The van der Waals surface area contributed by atoms with E-state index < -0.39 is 5.91 Å². The van der Waals surface area contributed by atoms with E-state index in [1.54, 1.807) is 36.4 Å². The zero-order valence-electron chi connectivity index (χ0n) is 14.1. The number of nitrogens with one attached hydrogen (secondary N) is 1. The molecule has 3 rings (SSSR count). The van der Waals surface area contributed by atoms with E-state index in [0.29, 0.717) is 26.9 Å². The summed E-state index contributed by atoms with van der Waals surface area (Å²) in [5.74, 6) is -0.779. The molecule has 0 bridgehead atoms. The molecule has 26 heavy (non-hydrogen) atoms. The maximum absolute atomic E-state index is 12.8. The molecule has 6 heteroatoms. The predicted octanol–water partition coefficient (Wildman–Crippen LogP) is 4.68. The quantitative estimate of drug-likeness (QED) is 0.599. The van der Waals surface area contributed by atoms with Gasteiger partial charge in [0.2, 0.25) is 0 Å². The van der Waals surface area contributed by atoms with Gasteiger partial charge >= 0.3 is 0 Å². The summed E-state index contributed by atoms with van der Waals surface area (Å²) in [7, 11) is 0. The molecular formula is C20H16Cl2N2O2. The first-order chi connectivity index (χ1) is 12.4. The molecule has 0 saturated heterocycles. The minimum atomic E-state index is -0.403. The Balaban J connectivity index is 2.12. The second kappa shape index (κ2) is 7.36. The van der Waals surface area contributed by atoms with Gasteiger partial charge in [0.05, 0.1) is 5.57 Å². The Kier molecular flexibility index (Phi) is 5.16. The van der Waals surface area contributed by atoms with Crippen molar-refractivity contribution in [2.24, 2.45) is 0 Å². The van der Waals surface area contributed by atoms with Crippen molar-refractivity contribution >= 4 is 46.3 Å². The van der Waals surface area contributed by atoms with E-state index in [0.717, 1.165) is 10.5 Å². The molecule has 4 nitrogen and oxygen atoms in total. The van der Waals surface area contributed by atoms with Gasteiger partial charge < -0.3 is 5.32 Å². The van der Waals surface area contributed by atoms with Gasteiger partial charge in [0.15, 0.2) is 0 Å². The van der Waals surface area contributed by atoms with Crippen LogP contribution in [0, 0.1) is 6.92 Å². The highest BCUT2D eigenvalue weighted by Gasteiger charge is 2.38. The minimum Gasteiger partial charge on any atom is -0.350 e. The average Bonchev–Trinajstić information content (AvgIpc) is 2.85. The molecular weight excluding hydrogens is 371 g/mol. The average molecular weight is 387 g/mol. The van der Waals surface area contributed by atoms with Gasteiger partial charge in [0, 0.05) is 22.3 Å². The van der Waals surface area contributed by atoms with Gasteiger partial charge in [-0.2, -0.15) is 0 Å². The lowest BCUT2D eigenvalue weighted by Gasteiger charge is -2.13. The van der Waals surface area contributed by atoms with Gasteiger partial charge in [-0.05, 0) is 42.3 Å². The van der Waals surface area contributed by atoms with Gasteiger partial charge in [-0.25, -0.2) is 0 Å². The standard InChI is InChI=1S/C20H16Cl2N2O2/c1-3-11-24-19(25)17(13-7-9-14(21)10-8-13)18(20(24)26)23-16-6-4-5-15(22)12(16)2/h3-10,23H,1,11H2,2H3. The van der Waals surface area contributed by atoms with Gasteiger partial charge in [-0.3, -0.25) is 14.5 Å². The Labute approximate surface area is 161 Å². The molecule has 0 saturated carbocycles. The van der Waals surface area contributed by atoms with E-state index in [2.05, 4.69) is 11.9 Å². The van der Waals surface area contributed by atoms with E-state index in [-0.39, 0.29) is 18.1 Å². The van der Waals surface area contributed by atoms with Crippen molar-refractivity contribution in [1.29, 1.82) is 0 Å². The molecule has 0 aliphatic carbocycles. The van der Waals surface area contributed by atoms with Crippen LogP contribution in [0.15, 0.2) is 60.8 Å². The first-order valence-electron chi connectivity index (χ1n) is 7.93. The molecule has 1 heterocycles. The Morgan fingerprint density at radius 3 is 2.42 bits per heavy atom. The second-order valence-electron chi connectivity index (χ2n) is 5.80. The van der Waals surface area contributed by atoms with Crippen LogP contribution in [0.4, 0.5) is 5.69 Å². The molecule has 0 atom stereocenters. The van der Waals surface area contributed by atoms with Crippen molar-refractivity contribution in [3.05, 3.63) is 82.0 Å². The third-order valence-corrected chi connectivity index (χ3v) is 4.80. The van der Waals surface area contributed by atoms with Crippen molar-refractivity contribution in [2.45, 2.75) is 6.92 Å². The van der Waals surface area contributed by atoms with E-state index in [9.17, 15) is 9.59 Å². The van der Waals surface area contributed by atoms with Crippen molar-refractivity contribution in [1.82, 2.24) is 4.90 Å². The van der Waals surface area contributed by atoms with Crippen LogP contribution in [0.1, 0.15) is 11.1 Å². The number of carbonyl (C=O) groups is 2. The maximum atomic E-state index is 12.8. The highest BCUT2D eigenvalue weighted by molar-refractivity contribution is 6.37. The molecule has 1 aliphatic rings. The van der Waals surface area contributed by atoms with Crippen molar-refractivity contribution in [3.8, 4) is 0 Å². The molecule has 0 unspecified atom stereocenters. The summed E-state index contributed by atoms with van der Waals surface area (Å²) in [5, 5.41) is 4.22. The Morgan fingerprint density at radius 2 is 1.77 bits per heavy atom. The molecule has 2 aromatic rings. The number of halogens is 2. The number of carbonyl (C=O) groups excluding carboxylic acids is 2. The fourth-order valence-corrected chi connectivity index (χ4v) is 3.05. The number of rotatable bonds is 5. The van der Waals surface area contributed by atoms with Gasteiger partial charge in [0.1, 0.15) is 5.70 Å². The first kappa shape index (κ1) is 18.2. The molecule has 1 aliphatic heterocycles. The van der Waals surface area contributed by atoms with Crippen LogP contribution in [-0.2, 0) is 9.59 Å². The van der Waals surface area contributed by atoms with Crippen LogP contribution in [0.2, 0.25) is 10.0 Å². The van der Waals surface area contributed by atoms with E-state index in [1.807, 2.05) is 13.0 Å². The van der Waals surface area contributed by atoms with Crippen molar-refractivity contribution < 1.29 is 9.59 Å².